The van der Waals surface area contributed by atoms with Gasteiger partial charge in [-0.2, -0.15) is 5.26 Å². The van der Waals surface area contributed by atoms with E-state index in [2.05, 4.69) is 5.32 Å². The maximum absolute atomic E-state index is 12.4. The molecule has 0 saturated carbocycles. The standard InChI is InChI=1S/C20H19N3O2/c1-23(2)17(19-11-15-7-3-4-9-18(15)25-19)13-22-20(24)16-8-5-6-14(10-16)12-21/h3-11,17H,13H2,1-2H3,(H,22,24)/t17-/m0/s1. The van der Waals surface area contributed by atoms with Crippen molar-refractivity contribution < 1.29 is 9.21 Å². The minimum atomic E-state index is -0.208. The molecule has 0 aliphatic carbocycles. The fourth-order valence-electron chi connectivity index (χ4n) is 2.73. The monoisotopic (exact) mass is 333 g/mol. The number of amides is 1. The molecule has 5 heteroatoms. The zero-order chi connectivity index (χ0) is 17.8. The summed E-state index contributed by atoms with van der Waals surface area (Å²) in [6, 6.07) is 18.5. The lowest BCUT2D eigenvalue weighted by molar-refractivity contribution is 0.0939. The normalized spacial score (nSPS) is 12.1. The molecular weight excluding hydrogens is 314 g/mol. The Morgan fingerprint density at radius 3 is 2.72 bits per heavy atom. The second kappa shape index (κ2) is 7.20. The molecule has 0 unspecified atom stereocenters. The summed E-state index contributed by atoms with van der Waals surface area (Å²) >= 11 is 0. The van der Waals surface area contributed by atoms with E-state index in [4.69, 9.17) is 9.68 Å². The molecule has 0 radical (unpaired) electrons. The summed E-state index contributed by atoms with van der Waals surface area (Å²) in [7, 11) is 3.89. The molecule has 3 rings (SSSR count). The Morgan fingerprint density at radius 2 is 2.00 bits per heavy atom. The van der Waals surface area contributed by atoms with Gasteiger partial charge in [0, 0.05) is 17.5 Å². The maximum atomic E-state index is 12.4. The van der Waals surface area contributed by atoms with Crippen molar-refractivity contribution in [3.05, 3.63) is 71.5 Å². The SMILES string of the molecule is CN(C)[C@@H](CNC(=O)c1cccc(C#N)c1)c1cc2ccccc2o1. The molecule has 0 aliphatic heterocycles. The molecule has 1 N–H and O–H groups in total. The third-order valence-corrected chi connectivity index (χ3v) is 4.11. The highest BCUT2D eigenvalue weighted by molar-refractivity contribution is 5.94. The number of nitriles is 1. The van der Waals surface area contributed by atoms with Crippen LogP contribution in [0.25, 0.3) is 11.0 Å². The highest BCUT2D eigenvalue weighted by atomic mass is 16.3. The predicted molar refractivity (Wildman–Crippen MR) is 96.1 cm³/mol. The van der Waals surface area contributed by atoms with Crippen LogP contribution < -0.4 is 5.32 Å². The van der Waals surface area contributed by atoms with E-state index in [1.165, 1.54) is 0 Å². The van der Waals surface area contributed by atoms with Crippen LogP contribution in [0, 0.1) is 11.3 Å². The van der Waals surface area contributed by atoms with Gasteiger partial charge in [-0.3, -0.25) is 9.69 Å². The predicted octanol–water partition coefficient (Wildman–Crippen LogP) is 3.34. The summed E-state index contributed by atoms with van der Waals surface area (Å²) in [6.45, 7) is 0.405. The van der Waals surface area contributed by atoms with Crippen molar-refractivity contribution in [2.24, 2.45) is 0 Å². The number of benzene rings is 2. The number of para-hydroxylation sites is 1. The molecular formula is C20H19N3O2. The number of carbonyl (C=O) groups excluding carboxylic acids is 1. The van der Waals surface area contributed by atoms with Crippen molar-refractivity contribution in [2.75, 3.05) is 20.6 Å². The molecule has 1 atom stereocenters. The number of furan rings is 1. The summed E-state index contributed by atoms with van der Waals surface area (Å²) in [5.41, 5.74) is 1.77. The highest BCUT2D eigenvalue weighted by Gasteiger charge is 2.20. The van der Waals surface area contributed by atoms with Gasteiger partial charge in [-0.05, 0) is 44.4 Å². The van der Waals surface area contributed by atoms with E-state index in [1.807, 2.05) is 55.4 Å². The van der Waals surface area contributed by atoms with Crippen LogP contribution in [0.5, 0.6) is 0 Å². The Morgan fingerprint density at radius 1 is 1.20 bits per heavy atom. The van der Waals surface area contributed by atoms with Crippen LogP contribution in [0.2, 0.25) is 0 Å². The van der Waals surface area contributed by atoms with Gasteiger partial charge in [0.2, 0.25) is 0 Å². The maximum Gasteiger partial charge on any atom is 0.251 e. The summed E-state index contributed by atoms with van der Waals surface area (Å²) in [5.74, 6) is 0.595. The third kappa shape index (κ3) is 3.70. The molecule has 0 spiro atoms. The van der Waals surface area contributed by atoms with Gasteiger partial charge < -0.3 is 9.73 Å². The Bertz CT molecular complexity index is 904. The number of hydrogen-bond donors (Lipinski definition) is 1. The van der Waals surface area contributed by atoms with Crippen molar-refractivity contribution in [1.29, 1.82) is 5.26 Å². The molecule has 0 aliphatic rings. The van der Waals surface area contributed by atoms with Gasteiger partial charge in [0.25, 0.3) is 5.91 Å². The average molecular weight is 333 g/mol. The van der Waals surface area contributed by atoms with Crippen molar-refractivity contribution in [2.45, 2.75) is 6.04 Å². The summed E-state index contributed by atoms with van der Waals surface area (Å²) in [5, 5.41) is 12.9. The molecule has 0 bridgehead atoms. The second-order valence-electron chi connectivity index (χ2n) is 6.07. The van der Waals surface area contributed by atoms with Gasteiger partial charge in [0.1, 0.15) is 11.3 Å². The molecule has 2 aromatic carbocycles. The van der Waals surface area contributed by atoms with E-state index in [0.717, 1.165) is 16.7 Å². The minimum Gasteiger partial charge on any atom is -0.459 e. The number of carbonyl (C=O) groups is 1. The van der Waals surface area contributed by atoms with Crippen molar-refractivity contribution >= 4 is 16.9 Å². The fourth-order valence-corrected chi connectivity index (χ4v) is 2.73. The van der Waals surface area contributed by atoms with Gasteiger partial charge >= 0.3 is 0 Å². The van der Waals surface area contributed by atoms with E-state index < -0.39 is 0 Å². The Balaban J connectivity index is 1.76. The topological polar surface area (TPSA) is 69.3 Å². The van der Waals surface area contributed by atoms with Gasteiger partial charge in [0.15, 0.2) is 0 Å². The second-order valence-corrected chi connectivity index (χ2v) is 6.07. The van der Waals surface area contributed by atoms with Crippen LogP contribution in [0.3, 0.4) is 0 Å². The van der Waals surface area contributed by atoms with E-state index in [0.29, 0.717) is 17.7 Å². The summed E-state index contributed by atoms with van der Waals surface area (Å²) < 4.78 is 5.93. The van der Waals surface area contributed by atoms with Gasteiger partial charge in [-0.15, -0.1) is 0 Å². The number of nitrogens with one attached hydrogen (secondary N) is 1. The summed E-state index contributed by atoms with van der Waals surface area (Å²) in [4.78, 5) is 14.4. The average Bonchev–Trinajstić information content (AvgIpc) is 3.05. The zero-order valence-electron chi connectivity index (χ0n) is 14.2. The van der Waals surface area contributed by atoms with Crippen molar-refractivity contribution in [3.63, 3.8) is 0 Å². The molecule has 0 saturated heterocycles. The van der Waals surface area contributed by atoms with Crippen molar-refractivity contribution in [1.82, 2.24) is 10.2 Å². The summed E-state index contributed by atoms with van der Waals surface area (Å²) in [6.07, 6.45) is 0. The first-order chi connectivity index (χ1) is 12.1. The van der Waals surface area contributed by atoms with Crippen LogP contribution >= 0.6 is 0 Å². The van der Waals surface area contributed by atoms with E-state index in [9.17, 15) is 4.79 Å². The molecule has 1 aromatic heterocycles. The number of fused-ring (bicyclic) bond motifs is 1. The van der Waals surface area contributed by atoms with Crippen LogP contribution in [0.15, 0.2) is 59.0 Å². The van der Waals surface area contributed by atoms with Crippen LogP contribution in [-0.4, -0.2) is 31.4 Å². The van der Waals surface area contributed by atoms with Gasteiger partial charge in [-0.25, -0.2) is 0 Å². The van der Waals surface area contributed by atoms with Crippen LogP contribution in [-0.2, 0) is 0 Å². The first-order valence-electron chi connectivity index (χ1n) is 8.02. The molecule has 5 nitrogen and oxygen atoms in total. The fraction of sp³-hybridized carbons (Fsp3) is 0.200. The quantitative estimate of drug-likeness (QED) is 0.777. The number of likely N-dealkylation sites (N-methyl/N-ethyl adjacent to an activating group) is 1. The van der Waals surface area contributed by atoms with E-state index in [1.54, 1.807) is 24.3 Å². The van der Waals surface area contributed by atoms with Crippen molar-refractivity contribution in [3.8, 4) is 6.07 Å². The van der Waals surface area contributed by atoms with E-state index >= 15 is 0 Å². The first kappa shape index (κ1) is 16.7. The lowest BCUT2D eigenvalue weighted by Gasteiger charge is -2.22. The number of hydrogen-bond acceptors (Lipinski definition) is 4. The van der Waals surface area contributed by atoms with Crippen LogP contribution in [0.4, 0.5) is 0 Å². The lowest BCUT2D eigenvalue weighted by atomic mass is 10.1. The third-order valence-electron chi connectivity index (χ3n) is 4.11. The number of nitrogens with zero attached hydrogens (tertiary/aromatic N) is 2. The Labute approximate surface area is 146 Å². The molecule has 25 heavy (non-hydrogen) atoms. The largest absolute Gasteiger partial charge is 0.459 e. The van der Waals surface area contributed by atoms with Gasteiger partial charge in [-0.1, -0.05) is 24.3 Å². The highest BCUT2D eigenvalue weighted by Crippen LogP contribution is 2.26. The lowest BCUT2D eigenvalue weighted by Crippen LogP contribution is -2.34. The number of rotatable bonds is 5. The molecule has 126 valence electrons. The molecule has 3 aromatic rings. The van der Waals surface area contributed by atoms with E-state index in [-0.39, 0.29) is 11.9 Å². The van der Waals surface area contributed by atoms with Gasteiger partial charge in [0.05, 0.1) is 17.7 Å². The first-order valence-corrected chi connectivity index (χ1v) is 8.02. The smallest absolute Gasteiger partial charge is 0.251 e. The Kier molecular flexibility index (Phi) is 4.82. The minimum absolute atomic E-state index is 0.0875. The zero-order valence-corrected chi connectivity index (χ0v) is 14.2. The Hall–Kier alpha value is -3.10. The van der Waals surface area contributed by atoms with Crippen LogP contribution in [0.1, 0.15) is 27.7 Å². The molecule has 1 heterocycles. The molecule has 0 fully saturated rings. The molecule has 1 amide bonds.